The molecule has 0 spiro atoms. The summed E-state index contributed by atoms with van der Waals surface area (Å²) in [5, 5.41) is 0. The smallest absolute Gasteiger partial charge is 0.188 e. The molecule has 2 heterocycles. The zero-order valence-corrected chi connectivity index (χ0v) is 8.50. The molecule has 0 aliphatic carbocycles. The van der Waals surface area contributed by atoms with Crippen LogP contribution in [0.4, 0.5) is 0 Å². The van der Waals surface area contributed by atoms with E-state index in [1.54, 1.807) is 0 Å². The van der Waals surface area contributed by atoms with Gasteiger partial charge in [-0.2, -0.15) is 4.57 Å². The molecule has 0 saturated heterocycles. The molecule has 1 nitrogen and oxygen atoms in total. The Labute approximate surface area is 87.4 Å². The summed E-state index contributed by atoms with van der Waals surface area (Å²) in [6.07, 6.45) is 2.14. The van der Waals surface area contributed by atoms with Gasteiger partial charge in [-0.15, -0.1) is 0 Å². The van der Waals surface area contributed by atoms with Gasteiger partial charge in [0.15, 0.2) is 12.1 Å². The zero-order chi connectivity index (χ0) is 9.38. The lowest BCUT2D eigenvalue weighted by atomic mass is 10.1. The van der Waals surface area contributed by atoms with Crippen molar-refractivity contribution < 1.29 is 4.57 Å². The van der Waals surface area contributed by atoms with Crippen LogP contribution >= 0.6 is 11.8 Å². The number of nitrogens with zero attached hydrogens (tertiary/aromatic N) is 1. The van der Waals surface area contributed by atoms with E-state index in [1.807, 2.05) is 11.8 Å². The molecule has 3 rings (SSSR count). The zero-order valence-electron chi connectivity index (χ0n) is 7.68. The Hall–Kier alpha value is -1.28. The number of hydrogen-bond donors (Lipinski definition) is 0. The molecule has 2 heteroatoms. The van der Waals surface area contributed by atoms with Gasteiger partial charge in [0.25, 0.3) is 0 Å². The maximum atomic E-state index is 2.28. The third kappa shape index (κ3) is 1.15. The number of aromatic nitrogens is 1. The van der Waals surface area contributed by atoms with Crippen molar-refractivity contribution in [3.63, 3.8) is 0 Å². The first-order valence-corrected chi connectivity index (χ1v) is 5.64. The van der Waals surface area contributed by atoms with Crippen molar-refractivity contribution in [1.82, 2.24) is 0 Å². The SMILES string of the molecule is c1ccc2c(c1)SC[n+]1ccccc1-2. The Bertz CT molecular complexity index is 434. The Balaban J connectivity index is 2.29. The topological polar surface area (TPSA) is 3.88 Å². The maximum Gasteiger partial charge on any atom is 0.214 e. The van der Waals surface area contributed by atoms with E-state index in [1.165, 1.54) is 16.2 Å². The molecule has 0 unspecified atom stereocenters. The van der Waals surface area contributed by atoms with Crippen molar-refractivity contribution >= 4 is 11.8 Å². The van der Waals surface area contributed by atoms with Crippen molar-refractivity contribution in [1.29, 1.82) is 0 Å². The van der Waals surface area contributed by atoms with Gasteiger partial charge in [-0.3, -0.25) is 0 Å². The highest BCUT2D eigenvalue weighted by Gasteiger charge is 2.21. The van der Waals surface area contributed by atoms with Crippen LogP contribution in [0.25, 0.3) is 11.3 Å². The summed E-state index contributed by atoms with van der Waals surface area (Å²) in [7, 11) is 0. The van der Waals surface area contributed by atoms with E-state index >= 15 is 0 Å². The number of hydrogen-bond acceptors (Lipinski definition) is 1. The molecule has 0 fully saturated rings. The van der Waals surface area contributed by atoms with E-state index in [0.29, 0.717) is 0 Å². The molecule has 1 aromatic heterocycles. The average molecular weight is 200 g/mol. The first kappa shape index (κ1) is 8.06. The number of pyridine rings is 1. The van der Waals surface area contributed by atoms with Crippen LogP contribution in [0.1, 0.15) is 0 Å². The van der Waals surface area contributed by atoms with Gasteiger partial charge in [0, 0.05) is 17.0 Å². The Morgan fingerprint density at radius 1 is 1.00 bits per heavy atom. The summed E-state index contributed by atoms with van der Waals surface area (Å²) < 4.78 is 2.28. The molecular formula is C12H10NS+. The van der Waals surface area contributed by atoms with Crippen LogP contribution < -0.4 is 4.57 Å². The van der Waals surface area contributed by atoms with Crippen LogP contribution in [0.15, 0.2) is 53.6 Å². The van der Waals surface area contributed by atoms with Crippen LogP contribution in [0.3, 0.4) is 0 Å². The molecule has 0 radical (unpaired) electrons. The Kier molecular flexibility index (Phi) is 1.81. The Morgan fingerprint density at radius 3 is 2.86 bits per heavy atom. The van der Waals surface area contributed by atoms with Crippen LogP contribution in [-0.2, 0) is 5.88 Å². The molecular weight excluding hydrogens is 190 g/mol. The maximum absolute atomic E-state index is 2.28. The predicted molar refractivity (Wildman–Crippen MR) is 57.9 cm³/mol. The van der Waals surface area contributed by atoms with Crippen molar-refractivity contribution in [2.75, 3.05) is 0 Å². The monoisotopic (exact) mass is 200 g/mol. The third-order valence-electron chi connectivity index (χ3n) is 2.46. The van der Waals surface area contributed by atoms with Crippen LogP contribution in [-0.4, -0.2) is 0 Å². The number of rotatable bonds is 0. The van der Waals surface area contributed by atoms with Gasteiger partial charge in [-0.1, -0.05) is 23.9 Å². The summed E-state index contributed by atoms with van der Waals surface area (Å²) in [5.74, 6) is 1.02. The lowest BCUT2D eigenvalue weighted by Crippen LogP contribution is -2.36. The molecule has 0 saturated carbocycles. The lowest BCUT2D eigenvalue weighted by molar-refractivity contribution is -0.665. The molecule has 0 amide bonds. The first-order valence-electron chi connectivity index (χ1n) is 4.66. The van der Waals surface area contributed by atoms with Crippen molar-refractivity contribution in [2.24, 2.45) is 0 Å². The lowest BCUT2D eigenvalue weighted by Gasteiger charge is -2.12. The van der Waals surface area contributed by atoms with Crippen LogP contribution in [0.5, 0.6) is 0 Å². The minimum Gasteiger partial charge on any atom is -0.188 e. The van der Waals surface area contributed by atoms with Crippen molar-refractivity contribution in [2.45, 2.75) is 10.8 Å². The predicted octanol–water partition coefficient (Wildman–Crippen LogP) is 2.70. The summed E-state index contributed by atoms with van der Waals surface area (Å²) in [6.45, 7) is 0. The van der Waals surface area contributed by atoms with E-state index in [2.05, 4.69) is 53.2 Å². The fourth-order valence-corrected chi connectivity index (χ4v) is 2.78. The minimum absolute atomic E-state index is 1.02. The van der Waals surface area contributed by atoms with Crippen LogP contribution in [0, 0.1) is 0 Å². The molecule has 1 aromatic carbocycles. The van der Waals surface area contributed by atoms with Gasteiger partial charge in [0.05, 0.1) is 5.56 Å². The van der Waals surface area contributed by atoms with Gasteiger partial charge in [-0.25, -0.2) is 0 Å². The highest BCUT2D eigenvalue weighted by molar-refractivity contribution is 7.98. The summed E-state index contributed by atoms with van der Waals surface area (Å²) in [6, 6.07) is 14.9. The highest BCUT2D eigenvalue weighted by atomic mass is 32.2. The summed E-state index contributed by atoms with van der Waals surface area (Å²) in [5.41, 5.74) is 2.67. The van der Waals surface area contributed by atoms with Crippen LogP contribution in [0.2, 0.25) is 0 Å². The second-order valence-electron chi connectivity index (χ2n) is 3.33. The van der Waals surface area contributed by atoms with E-state index < -0.39 is 0 Å². The molecule has 1 aliphatic heterocycles. The van der Waals surface area contributed by atoms with E-state index in [4.69, 9.17) is 0 Å². The molecule has 0 atom stereocenters. The third-order valence-corrected chi connectivity index (χ3v) is 3.54. The highest BCUT2D eigenvalue weighted by Crippen LogP contribution is 2.33. The quantitative estimate of drug-likeness (QED) is 0.591. The number of benzene rings is 1. The standard InChI is InChI=1S/C12H10NS/c1-2-7-12-10(5-1)11-6-3-4-8-13(11)9-14-12/h1-8H,9H2/q+1. The minimum atomic E-state index is 1.02. The largest absolute Gasteiger partial charge is 0.214 e. The normalized spacial score (nSPS) is 13.1. The first-order chi connectivity index (χ1) is 6.95. The molecule has 0 N–H and O–H groups in total. The molecule has 2 aromatic rings. The second-order valence-corrected chi connectivity index (χ2v) is 4.31. The van der Waals surface area contributed by atoms with E-state index in [-0.39, 0.29) is 0 Å². The summed E-state index contributed by atoms with van der Waals surface area (Å²) >= 11 is 1.89. The van der Waals surface area contributed by atoms with Gasteiger partial charge in [0.1, 0.15) is 0 Å². The number of thioether (sulfide) groups is 1. The molecule has 14 heavy (non-hydrogen) atoms. The van der Waals surface area contributed by atoms with E-state index in [9.17, 15) is 0 Å². The van der Waals surface area contributed by atoms with Gasteiger partial charge in [0.2, 0.25) is 5.69 Å². The van der Waals surface area contributed by atoms with Gasteiger partial charge < -0.3 is 0 Å². The van der Waals surface area contributed by atoms with Crippen molar-refractivity contribution in [3.8, 4) is 11.3 Å². The molecule has 0 bridgehead atoms. The number of fused-ring (bicyclic) bond motifs is 3. The Morgan fingerprint density at radius 2 is 1.86 bits per heavy atom. The molecule has 68 valence electrons. The summed E-state index contributed by atoms with van der Waals surface area (Å²) in [4.78, 5) is 1.39. The van der Waals surface area contributed by atoms with E-state index in [0.717, 1.165) is 5.88 Å². The fraction of sp³-hybridized carbons (Fsp3) is 0.0833. The molecule has 1 aliphatic rings. The van der Waals surface area contributed by atoms with Crippen molar-refractivity contribution in [3.05, 3.63) is 48.7 Å². The fourth-order valence-electron chi connectivity index (χ4n) is 1.78. The van der Waals surface area contributed by atoms with Gasteiger partial charge in [-0.05, 0) is 18.2 Å². The second kappa shape index (κ2) is 3.14. The average Bonchev–Trinajstić information content (AvgIpc) is 2.29. The van der Waals surface area contributed by atoms with Gasteiger partial charge >= 0.3 is 0 Å².